The second-order valence-electron chi connectivity index (χ2n) is 11.0. The summed E-state index contributed by atoms with van der Waals surface area (Å²) in [6, 6.07) is 51.8. The molecule has 0 aliphatic carbocycles. The predicted octanol–water partition coefficient (Wildman–Crippen LogP) is 7.65. The van der Waals surface area contributed by atoms with E-state index >= 15 is 0 Å². The van der Waals surface area contributed by atoms with Crippen LogP contribution in [0.25, 0.3) is 54.9 Å². The highest BCUT2D eigenvalue weighted by Crippen LogP contribution is 2.41. The van der Waals surface area contributed by atoms with Gasteiger partial charge in [0.05, 0.1) is 0 Å². The Bertz CT molecular complexity index is 2150. The number of hydrogen-bond acceptors (Lipinski definition) is 0. The number of halogens is 1. The van der Waals surface area contributed by atoms with E-state index in [1.54, 1.807) is 0 Å². The van der Waals surface area contributed by atoms with E-state index in [-0.39, 0.29) is 0 Å². The molecular formula is C38H23ClSi. The van der Waals surface area contributed by atoms with Gasteiger partial charge >= 0.3 is 0 Å². The molecule has 2 aliphatic heterocycles. The van der Waals surface area contributed by atoms with Gasteiger partial charge in [-0.25, -0.2) is 0 Å². The zero-order valence-corrected chi connectivity index (χ0v) is 23.4. The van der Waals surface area contributed by atoms with Crippen molar-refractivity contribution in [3.63, 3.8) is 0 Å². The number of hydrogen-bond donors (Lipinski definition) is 0. The molecular weight excluding hydrogens is 520 g/mol. The molecule has 0 bridgehead atoms. The summed E-state index contributed by atoms with van der Waals surface area (Å²) in [7, 11) is -2.44. The van der Waals surface area contributed by atoms with Crippen molar-refractivity contribution in [1.29, 1.82) is 0 Å². The summed E-state index contributed by atoms with van der Waals surface area (Å²) in [5.74, 6) is 0. The van der Waals surface area contributed by atoms with E-state index in [9.17, 15) is 0 Å². The molecule has 186 valence electrons. The highest BCUT2D eigenvalue weighted by molar-refractivity contribution is 7.24. The maximum atomic E-state index is 6.78. The van der Waals surface area contributed by atoms with Crippen LogP contribution in [0.1, 0.15) is 0 Å². The van der Waals surface area contributed by atoms with E-state index < -0.39 is 8.07 Å². The van der Waals surface area contributed by atoms with Gasteiger partial charge in [0.2, 0.25) is 0 Å². The van der Waals surface area contributed by atoms with Crippen molar-refractivity contribution in [2.24, 2.45) is 0 Å². The van der Waals surface area contributed by atoms with Gasteiger partial charge in [0.1, 0.15) is 0 Å². The minimum absolute atomic E-state index is 0.800. The lowest BCUT2D eigenvalue weighted by Crippen LogP contribution is -2.70. The van der Waals surface area contributed by atoms with Crippen molar-refractivity contribution in [3.05, 3.63) is 145 Å². The maximum absolute atomic E-state index is 6.78. The van der Waals surface area contributed by atoms with Gasteiger partial charge in [0.25, 0.3) is 0 Å². The summed E-state index contributed by atoms with van der Waals surface area (Å²) in [5.41, 5.74) is 8.08. The molecule has 0 aromatic heterocycles. The molecule has 2 heterocycles. The second kappa shape index (κ2) is 8.05. The molecule has 0 atom stereocenters. The summed E-state index contributed by atoms with van der Waals surface area (Å²) >= 11 is 6.78. The van der Waals surface area contributed by atoms with Crippen LogP contribution in [-0.2, 0) is 0 Å². The van der Waals surface area contributed by atoms with Crippen LogP contribution >= 0.6 is 11.6 Å². The fourth-order valence-electron chi connectivity index (χ4n) is 7.62. The fourth-order valence-corrected chi connectivity index (χ4v) is 13.5. The molecule has 0 N–H and O–H groups in total. The van der Waals surface area contributed by atoms with Gasteiger partial charge in [-0.05, 0) is 82.4 Å². The van der Waals surface area contributed by atoms with Crippen molar-refractivity contribution >= 4 is 62.0 Å². The summed E-state index contributed by atoms with van der Waals surface area (Å²) in [4.78, 5) is 0. The number of fused-ring (bicyclic) bond motifs is 13. The van der Waals surface area contributed by atoms with Crippen LogP contribution in [0.4, 0.5) is 0 Å². The normalized spacial score (nSPS) is 13.8. The minimum atomic E-state index is -2.44. The Kier molecular flexibility index (Phi) is 4.50. The maximum Gasteiger partial charge on any atom is 0.182 e. The van der Waals surface area contributed by atoms with Crippen molar-refractivity contribution < 1.29 is 0 Å². The molecule has 0 unspecified atom stereocenters. The SMILES string of the molecule is Clc1cc2cc(-c3cccc4c3-c3ccccc3[Si]43c4ccccc4-c4ccccc43)ccc2c2ccccc12. The Labute approximate surface area is 239 Å². The first-order valence-corrected chi connectivity index (χ1v) is 16.2. The van der Waals surface area contributed by atoms with E-state index in [1.165, 1.54) is 70.3 Å². The van der Waals surface area contributed by atoms with Gasteiger partial charge in [-0.15, -0.1) is 0 Å². The summed E-state index contributed by atoms with van der Waals surface area (Å²) in [5, 5.41) is 11.5. The van der Waals surface area contributed by atoms with Gasteiger partial charge in [-0.1, -0.05) is 139 Å². The van der Waals surface area contributed by atoms with Gasteiger partial charge in [-0.3, -0.25) is 0 Å². The van der Waals surface area contributed by atoms with E-state index in [4.69, 9.17) is 11.6 Å². The molecule has 0 nitrogen and oxygen atoms in total. The third-order valence-corrected chi connectivity index (χ3v) is 14.4. The third kappa shape index (κ3) is 2.71. The minimum Gasteiger partial charge on any atom is -0.0836 e. The van der Waals surface area contributed by atoms with Crippen LogP contribution in [0, 0.1) is 0 Å². The molecule has 40 heavy (non-hydrogen) atoms. The van der Waals surface area contributed by atoms with Crippen molar-refractivity contribution in [3.8, 4) is 33.4 Å². The van der Waals surface area contributed by atoms with Crippen LogP contribution in [0.15, 0.2) is 140 Å². The van der Waals surface area contributed by atoms with E-state index in [0.29, 0.717) is 0 Å². The fraction of sp³-hybridized carbons (Fsp3) is 0. The van der Waals surface area contributed by atoms with Crippen molar-refractivity contribution in [1.82, 2.24) is 0 Å². The molecule has 0 saturated carbocycles. The highest BCUT2D eigenvalue weighted by Gasteiger charge is 2.54. The monoisotopic (exact) mass is 542 g/mol. The molecule has 2 heteroatoms. The lowest BCUT2D eigenvalue weighted by atomic mass is 9.92. The first-order valence-electron chi connectivity index (χ1n) is 13.8. The van der Waals surface area contributed by atoms with E-state index in [2.05, 4.69) is 140 Å². The van der Waals surface area contributed by atoms with E-state index in [1.807, 2.05) is 0 Å². The van der Waals surface area contributed by atoms with Crippen LogP contribution < -0.4 is 20.7 Å². The quantitative estimate of drug-likeness (QED) is 0.148. The van der Waals surface area contributed by atoms with Crippen LogP contribution in [-0.4, -0.2) is 8.07 Å². The first-order chi connectivity index (χ1) is 19.8. The Morgan fingerprint density at radius 1 is 0.400 bits per heavy atom. The topological polar surface area (TPSA) is 0 Å². The molecule has 0 fully saturated rings. The zero-order chi connectivity index (χ0) is 26.4. The summed E-state index contributed by atoms with van der Waals surface area (Å²) in [6.07, 6.45) is 0. The van der Waals surface area contributed by atoms with Gasteiger partial charge in [-0.2, -0.15) is 0 Å². The molecule has 7 aromatic carbocycles. The van der Waals surface area contributed by atoms with Crippen molar-refractivity contribution in [2.45, 2.75) is 0 Å². The van der Waals surface area contributed by atoms with Crippen molar-refractivity contribution in [2.75, 3.05) is 0 Å². The average molecular weight is 543 g/mol. The average Bonchev–Trinajstić information content (AvgIpc) is 3.49. The van der Waals surface area contributed by atoms with Crippen LogP contribution in [0.2, 0.25) is 5.02 Å². The Hall–Kier alpha value is -4.43. The van der Waals surface area contributed by atoms with Crippen LogP contribution in [0.5, 0.6) is 0 Å². The number of rotatable bonds is 1. The summed E-state index contributed by atoms with van der Waals surface area (Å²) in [6.45, 7) is 0. The standard InChI is InChI=1S/C38H23ClSi/c39-33-23-25-22-24(20-21-26(25)28-10-1-2-11-29(28)33)27-15-9-19-37-38(27)32-14-5-8-18-36(32)40(37)34-16-6-3-12-30(34)31-13-4-7-17-35(31)40/h1-23H. The Morgan fingerprint density at radius 3 is 1.68 bits per heavy atom. The predicted molar refractivity (Wildman–Crippen MR) is 174 cm³/mol. The smallest absolute Gasteiger partial charge is 0.0836 e. The molecule has 7 aromatic rings. The van der Waals surface area contributed by atoms with Gasteiger partial charge < -0.3 is 0 Å². The van der Waals surface area contributed by atoms with E-state index in [0.717, 1.165) is 10.4 Å². The third-order valence-electron chi connectivity index (χ3n) is 9.14. The Balaban J connectivity index is 1.37. The lowest BCUT2D eigenvalue weighted by Gasteiger charge is -2.27. The second-order valence-corrected chi connectivity index (χ2v) is 15.0. The van der Waals surface area contributed by atoms with Gasteiger partial charge in [0.15, 0.2) is 8.07 Å². The highest BCUT2D eigenvalue weighted by atomic mass is 35.5. The number of benzene rings is 7. The Morgan fingerprint density at radius 2 is 0.950 bits per heavy atom. The van der Waals surface area contributed by atoms with Gasteiger partial charge in [0, 0.05) is 10.4 Å². The van der Waals surface area contributed by atoms with Crippen LogP contribution in [0.3, 0.4) is 0 Å². The first kappa shape index (κ1) is 22.4. The lowest BCUT2D eigenvalue weighted by molar-refractivity contribution is 1.65. The summed E-state index contributed by atoms with van der Waals surface area (Å²) < 4.78 is 0. The zero-order valence-electron chi connectivity index (χ0n) is 21.7. The molecule has 0 radical (unpaired) electrons. The molecule has 9 rings (SSSR count). The molecule has 1 spiro atoms. The largest absolute Gasteiger partial charge is 0.182 e. The molecule has 0 amide bonds. The molecule has 2 aliphatic rings. The molecule has 0 saturated heterocycles.